The van der Waals surface area contributed by atoms with Crippen LogP contribution in [0.25, 0.3) is 11.0 Å². The topological polar surface area (TPSA) is 98.7 Å². The van der Waals surface area contributed by atoms with E-state index in [9.17, 15) is 4.79 Å². The number of nitrogen functional groups attached to an aromatic ring is 1. The Labute approximate surface area is 122 Å². The first-order chi connectivity index (χ1) is 9.58. The fourth-order valence-corrected chi connectivity index (χ4v) is 2.49. The second kappa shape index (κ2) is 4.73. The van der Waals surface area contributed by atoms with Crippen molar-refractivity contribution in [3.05, 3.63) is 28.9 Å². The van der Waals surface area contributed by atoms with Crippen LogP contribution in [-0.2, 0) is 7.05 Å². The van der Waals surface area contributed by atoms with E-state index < -0.39 is 5.91 Å². The van der Waals surface area contributed by atoms with Gasteiger partial charge in [-0.1, -0.05) is 11.6 Å². The van der Waals surface area contributed by atoms with Crippen LogP contribution >= 0.6 is 23.3 Å². The number of halogens is 1. The van der Waals surface area contributed by atoms with Crippen LogP contribution in [-0.4, -0.2) is 24.4 Å². The summed E-state index contributed by atoms with van der Waals surface area (Å²) in [4.78, 5) is 12.2. The lowest BCUT2D eigenvalue weighted by Gasteiger charge is -2.07. The molecule has 9 heteroatoms. The minimum absolute atomic E-state index is 0.280. The number of rotatable bonds is 2. The predicted molar refractivity (Wildman–Crippen MR) is 78.0 cm³/mol. The molecule has 20 heavy (non-hydrogen) atoms. The van der Waals surface area contributed by atoms with Crippen molar-refractivity contribution < 1.29 is 4.79 Å². The molecule has 102 valence electrons. The van der Waals surface area contributed by atoms with Crippen molar-refractivity contribution in [3.8, 4) is 0 Å². The highest BCUT2D eigenvalue weighted by Gasteiger charge is 2.17. The molecule has 0 aliphatic rings. The number of nitrogens with one attached hydrogen (secondary N) is 1. The number of aryl methyl sites for hydroxylation is 1. The summed E-state index contributed by atoms with van der Waals surface area (Å²) in [6, 6.07) is 3.41. The van der Waals surface area contributed by atoms with E-state index in [4.69, 9.17) is 17.3 Å². The molecule has 2 heterocycles. The Kier molecular flexibility index (Phi) is 3.03. The Morgan fingerprint density at radius 3 is 2.95 bits per heavy atom. The van der Waals surface area contributed by atoms with Gasteiger partial charge in [0.15, 0.2) is 0 Å². The molecule has 0 saturated carbocycles. The number of hydrogen-bond donors (Lipinski definition) is 2. The molecule has 0 aliphatic carbocycles. The number of anilines is 2. The second-order valence-electron chi connectivity index (χ2n) is 4.08. The zero-order valence-corrected chi connectivity index (χ0v) is 11.9. The third-order valence-electron chi connectivity index (χ3n) is 2.84. The van der Waals surface area contributed by atoms with Crippen LogP contribution in [0.2, 0.25) is 5.02 Å². The van der Waals surface area contributed by atoms with Gasteiger partial charge in [-0.15, -0.1) is 0 Å². The average molecular weight is 309 g/mol. The lowest BCUT2D eigenvalue weighted by molar-refractivity contribution is 0.102. The number of aromatic nitrogens is 4. The van der Waals surface area contributed by atoms with E-state index >= 15 is 0 Å². The molecule has 3 aromatic rings. The van der Waals surface area contributed by atoms with E-state index in [1.54, 1.807) is 19.2 Å². The van der Waals surface area contributed by atoms with Gasteiger partial charge in [-0.05, 0) is 12.1 Å². The van der Waals surface area contributed by atoms with E-state index in [0.29, 0.717) is 21.7 Å². The minimum Gasteiger partial charge on any atom is -0.383 e. The van der Waals surface area contributed by atoms with E-state index in [2.05, 4.69) is 19.2 Å². The zero-order valence-electron chi connectivity index (χ0n) is 10.3. The van der Waals surface area contributed by atoms with Crippen molar-refractivity contribution in [3.63, 3.8) is 0 Å². The van der Waals surface area contributed by atoms with E-state index in [1.807, 2.05) is 0 Å². The monoisotopic (exact) mass is 308 g/mol. The van der Waals surface area contributed by atoms with Crippen LogP contribution in [0, 0.1) is 0 Å². The summed E-state index contributed by atoms with van der Waals surface area (Å²) >= 11 is 7.16. The van der Waals surface area contributed by atoms with Crippen LogP contribution in [0.5, 0.6) is 0 Å². The molecule has 1 aromatic carbocycles. The molecule has 0 bridgehead atoms. The first-order valence-corrected chi connectivity index (χ1v) is 6.68. The summed E-state index contributed by atoms with van der Waals surface area (Å²) < 4.78 is 9.65. The molecular formula is C11H9ClN6OS. The van der Waals surface area contributed by atoms with Gasteiger partial charge in [-0.3, -0.25) is 9.48 Å². The number of hydrogen-bond acceptors (Lipinski definition) is 6. The van der Waals surface area contributed by atoms with Crippen LogP contribution in [0.1, 0.15) is 10.4 Å². The smallest absolute Gasteiger partial charge is 0.261 e. The molecule has 0 saturated heterocycles. The quantitative estimate of drug-likeness (QED) is 0.753. The Balaban J connectivity index is 2.01. The molecule has 3 rings (SSSR count). The normalized spacial score (nSPS) is 10.9. The highest BCUT2D eigenvalue weighted by atomic mass is 35.5. The standard InChI is InChI=1S/C11H9ClN6OS/c1-18-10(13)5(4-14-18)11(19)15-8-6(12)2-3-7-9(8)17-20-16-7/h2-4H,13H2,1H3,(H,15,19). The first kappa shape index (κ1) is 12.8. The third-order valence-corrected chi connectivity index (χ3v) is 3.70. The van der Waals surface area contributed by atoms with Gasteiger partial charge in [-0.2, -0.15) is 13.8 Å². The number of carbonyl (C=O) groups is 1. The van der Waals surface area contributed by atoms with Gasteiger partial charge in [-0.25, -0.2) is 0 Å². The third kappa shape index (κ3) is 1.98. The highest BCUT2D eigenvalue weighted by molar-refractivity contribution is 7.00. The van der Waals surface area contributed by atoms with Gasteiger partial charge in [0.25, 0.3) is 5.91 Å². The molecule has 0 atom stereocenters. The van der Waals surface area contributed by atoms with E-state index in [0.717, 1.165) is 11.7 Å². The van der Waals surface area contributed by atoms with Gasteiger partial charge in [0.2, 0.25) is 0 Å². The van der Waals surface area contributed by atoms with Gasteiger partial charge in [0.05, 0.1) is 28.6 Å². The Morgan fingerprint density at radius 1 is 1.45 bits per heavy atom. The maximum Gasteiger partial charge on any atom is 0.261 e. The maximum absolute atomic E-state index is 12.2. The molecule has 0 unspecified atom stereocenters. The number of nitrogens with two attached hydrogens (primary N) is 1. The maximum atomic E-state index is 12.2. The number of fused-ring (bicyclic) bond motifs is 1. The van der Waals surface area contributed by atoms with E-state index in [-0.39, 0.29) is 11.4 Å². The first-order valence-electron chi connectivity index (χ1n) is 5.57. The lowest BCUT2D eigenvalue weighted by atomic mass is 10.2. The Bertz CT molecular complexity index is 810. The fraction of sp³-hybridized carbons (Fsp3) is 0.0909. The molecule has 0 fully saturated rings. The second-order valence-corrected chi connectivity index (χ2v) is 5.01. The molecule has 0 spiro atoms. The van der Waals surface area contributed by atoms with Gasteiger partial charge < -0.3 is 11.1 Å². The number of nitrogens with zero attached hydrogens (tertiary/aromatic N) is 4. The highest BCUT2D eigenvalue weighted by Crippen LogP contribution is 2.30. The van der Waals surface area contributed by atoms with Crippen LogP contribution in [0.3, 0.4) is 0 Å². The number of carbonyl (C=O) groups excluding carboxylic acids is 1. The molecule has 0 radical (unpaired) electrons. The molecule has 3 N–H and O–H groups in total. The minimum atomic E-state index is -0.391. The molecule has 1 amide bonds. The SMILES string of the molecule is Cn1ncc(C(=O)Nc2c(Cl)ccc3nsnc23)c1N. The van der Waals surface area contributed by atoms with Crippen molar-refractivity contribution in [1.82, 2.24) is 18.5 Å². The van der Waals surface area contributed by atoms with Gasteiger partial charge in [0, 0.05) is 7.05 Å². The molecule has 0 aliphatic heterocycles. The number of amides is 1. The predicted octanol–water partition coefficient (Wildman–Crippen LogP) is 1.91. The van der Waals surface area contributed by atoms with Crippen molar-refractivity contribution in [2.45, 2.75) is 0 Å². The van der Waals surface area contributed by atoms with Gasteiger partial charge >= 0.3 is 0 Å². The largest absolute Gasteiger partial charge is 0.383 e. The molecule has 7 nitrogen and oxygen atoms in total. The summed E-state index contributed by atoms with van der Waals surface area (Å²) in [6.07, 6.45) is 1.40. The van der Waals surface area contributed by atoms with Crippen molar-refractivity contribution >= 4 is 51.8 Å². The summed E-state index contributed by atoms with van der Waals surface area (Å²) in [6.45, 7) is 0. The summed E-state index contributed by atoms with van der Waals surface area (Å²) in [5.41, 5.74) is 7.70. The van der Waals surface area contributed by atoms with Gasteiger partial charge in [0.1, 0.15) is 22.4 Å². The van der Waals surface area contributed by atoms with Crippen molar-refractivity contribution in [2.75, 3.05) is 11.1 Å². The van der Waals surface area contributed by atoms with Crippen LogP contribution in [0.15, 0.2) is 18.3 Å². The van der Waals surface area contributed by atoms with E-state index in [1.165, 1.54) is 10.9 Å². The van der Waals surface area contributed by atoms with Crippen LogP contribution in [0.4, 0.5) is 11.5 Å². The summed E-state index contributed by atoms with van der Waals surface area (Å²) in [5.74, 6) is -0.111. The zero-order chi connectivity index (χ0) is 14.3. The summed E-state index contributed by atoms with van der Waals surface area (Å²) in [5, 5.41) is 7.03. The Hall–Kier alpha value is -2.19. The Morgan fingerprint density at radius 2 is 2.25 bits per heavy atom. The average Bonchev–Trinajstić information content (AvgIpc) is 3.01. The lowest BCUT2D eigenvalue weighted by Crippen LogP contribution is -2.14. The number of benzene rings is 1. The van der Waals surface area contributed by atoms with Crippen LogP contribution < -0.4 is 11.1 Å². The van der Waals surface area contributed by atoms with Crippen molar-refractivity contribution in [2.24, 2.45) is 7.05 Å². The van der Waals surface area contributed by atoms with Crippen molar-refractivity contribution in [1.29, 1.82) is 0 Å². The summed E-state index contributed by atoms with van der Waals surface area (Å²) in [7, 11) is 1.66. The molecular weight excluding hydrogens is 300 g/mol. The fourth-order valence-electron chi connectivity index (χ4n) is 1.75. The molecule has 2 aromatic heterocycles.